The molecule has 150 valence electrons. The lowest BCUT2D eigenvalue weighted by Gasteiger charge is -2.35. The van der Waals surface area contributed by atoms with Crippen molar-refractivity contribution in [3.63, 3.8) is 0 Å². The van der Waals surface area contributed by atoms with E-state index in [2.05, 4.69) is 11.0 Å². The van der Waals surface area contributed by atoms with Crippen molar-refractivity contribution in [2.45, 2.75) is 31.6 Å². The number of rotatable bonds is 4. The molecule has 2 aromatic rings. The van der Waals surface area contributed by atoms with Crippen LogP contribution in [0.5, 0.6) is 17.2 Å². The highest BCUT2D eigenvalue weighted by molar-refractivity contribution is 5.47. The number of likely N-dealkylation sites (tertiary alicyclic amines) is 1. The summed E-state index contributed by atoms with van der Waals surface area (Å²) >= 11 is 0. The van der Waals surface area contributed by atoms with E-state index < -0.39 is 6.10 Å². The van der Waals surface area contributed by atoms with E-state index in [0.717, 1.165) is 38.2 Å². The molecule has 6 nitrogen and oxygen atoms in total. The zero-order valence-corrected chi connectivity index (χ0v) is 16.2. The highest BCUT2D eigenvalue weighted by Gasteiger charge is 2.42. The summed E-state index contributed by atoms with van der Waals surface area (Å²) in [5.41, 5.74) is 1.91. The normalized spacial score (nSPS) is 28.0. The number of aliphatic hydroxyl groups is 1. The van der Waals surface area contributed by atoms with E-state index in [0.29, 0.717) is 28.9 Å². The van der Waals surface area contributed by atoms with Gasteiger partial charge in [-0.05, 0) is 54.5 Å². The van der Waals surface area contributed by atoms with E-state index in [-0.39, 0.29) is 12.9 Å². The Labute approximate surface area is 170 Å². The standard InChI is InChI=1S/C23H24N2O4/c24-10-15-1-3-16(4-2-15)11-25-12-17-7-20(26)22(8-18(17)13-25)29-19-5-6-21-23(9-19)28-14-27-21/h1-6,9,17-18,20,22,26H,7-8,11-14H2/t17-,18+,20+,22+/m0/s1. The van der Waals surface area contributed by atoms with Gasteiger partial charge in [-0.2, -0.15) is 5.26 Å². The molecule has 4 atom stereocenters. The maximum atomic E-state index is 10.7. The van der Waals surface area contributed by atoms with Crippen molar-refractivity contribution in [3.05, 3.63) is 53.6 Å². The smallest absolute Gasteiger partial charge is 0.231 e. The van der Waals surface area contributed by atoms with E-state index in [1.54, 1.807) is 0 Å². The Balaban J connectivity index is 1.21. The van der Waals surface area contributed by atoms with Gasteiger partial charge in [-0.1, -0.05) is 12.1 Å². The van der Waals surface area contributed by atoms with Gasteiger partial charge in [0.1, 0.15) is 11.9 Å². The molecule has 1 N–H and O–H groups in total. The summed E-state index contributed by atoms with van der Waals surface area (Å²) in [6.07, 6.45) is 0.955. The van der Waals surface area contributed by atoms with Crippen LogP contribution in [0, 0.1) is 23.2 Å². The third-order valence-electron chi connectivity index (χ3n) is 6.28. The highest BCUT2D eigenvalue weighted by atomic mass is 16.7. The number of ether oxygens (including phenoxy) is 3. The van der Waals surface area contributed by atoms with E-state index in [9.17, 15) is 5.11 Å². The van der Waals surface area contributed by atoms with Crippen LogP contribution in [0.1, 0.15) is 24.0 Å². The number of aliphatic hydroxyl groups excluding tert-OH is 1. The second-order valence-electron chi connectivity index (χ2n) is 8.23. The molecule has 5 rings (SSSR count). The summed E-state index contributed by atoms with van der Waals surface area (Å²) in [5, 5.41) is 19.6. The molecule has 1 saturated carbocycles. The maximum Gasteiger partial charge on any atom is 0.231 e. The van der Waals surface area contributed by atoms with Gasteiger partial charge in [0.2, 0.25) is 6.79 Å². The third kappa shape index (κ3) is 3.76. The number of fused-ring (bicyclic) bond motifs is 2. The van der Waals surface area contributed by atoms with Gasteiger partial charge < -0.3 is 19.3 Å². The van der Waals surface area contributed by atoms with E-state index in [4.69, 9.17) is 19.5 Å². The molecular formula is C23H24N2O4. The van der Waals surface area contributed by atoms with Crippen molar-refractivity contribution < 1.29 is 19.3 Å². The molecule has 0 radical (unpaired) electrons. The molecule has 1 aliphatic carbocycles. The zero-order chi connectivity index (χ0) is 19.8. The minimum absolute atomic E-state index is 0.202. The fourth-order valence-corrected chi connectivity index (χ4v) is 4.81. The number of hydrogen-bond donors (Lipinski definition) is 1. The van der Waals surface area contributed by atoms with Crippen molar-refractivity contribution in [2.75, 3.05) is 19.9 Å². The van der Waals surface area contributed by atoms with Crippen LogP contribution in [0.4, 0.5) is 0 Å². The lowest BCUT2D eigenvalue weighted by atomic mass is 9.78. The molecule has 0 spiro atoms. The molecule has 3 aliphatic rings. The summed E-state index contributed by atoms with van der Waals surface area (Å²) in [5.74, 6) is 3.16. The van der Waals surface area contributed by atoms with Gasteiger partial charge in [0.05, 0.1) is 17.7 Å². The first kappa shape index (κ1) is 18.3. The van der Waals surface area contributed by atoms with Crippen LogP contribution in [-0.2, 0) is 6.54 Å². The first-order valence-electron chi connectivity index (χ1n) is 10.1. The molecule has 2 heterocycles. The Morgan fingerprint density at radius 3 is 2.59 bits per heavy atom. The topological polar surface area (TPSA) is 75.0 Å². The van der Waals surface area contributed by atoms with Crippen molar-refractivity contribution >= 4 is 0 Å². The van der Waals surface area contributed by atoms with E-state index >= 15 is 0 Å². The summed E-state index contributed by atoms with van der Waals surface area (Å²) in [6.45, 7) is 3.13. The van der Waals surface area contributed by atoms with Crippen LogP contribution in [-0.4, -0.2) is 42.1 Å². The molecule has 6 heteroatoms. The molecule has 2 aliphatic heterocycles. The predicted octanol–water partition coefficient (Wildman–Crippen LogP) is 2.94. The number of nitrogens with zero attached hydrogens (tertiary/aromatic N) is 2. The van der Waals surface area contributed by atoms with Gasteiger partial charge in [0.25, 0.3) is 0 Å². The molecule has 0 aromatic heterocycles. The first-order valence-corrected chi connectivity index (χ1v) is 10.1. The van der Waals surface area contributed by atoms with Crippen molar-refractivity contribution in [1.29, 1.82) is 5.26 Å². The number of benzene rings is 2. The second-order valence-corrected chi connectivity index (χ2v) is 8.23. The van der Waals surface area contributed by atoms with Crippen LogP contribution in [0.15, 0.2) is 42.5 Å². The molecule has 29 heavy (non-hydrogen) atoms. The monoisotopic (exact) mass is 392 g/mol. The second kappa shape index (κ2) is 7.58. The van der Waals surface area contributed by atoms with Crippen molar-refractivity contribution in [3.8, 4) is 23.3 Å². The van der Waals surface area contributed by atoms with Crippen LogP contribution in [0.3, 0.4) is 0 Å². The van der Waals surface area contributed by atoms with Gasteiger partial charge in [-0.15, -0.1) is 0 Å². The summed E-state index contributed by atoms with van der Waals surface area (Å²) in [7, 11) is 0. The molecule has 0 bridgehead atoms. The average Bonchev–Trinajstić information content (AvgIpc) is 3.34. The lowest BCUT2D eigenvalue weighted by Crippen LogP contribution is -2.42. The quantitative estimate of drug-likeness (QED) is 0.862. The Morgan fingerprint density at radius 1 is 1.03 bits per heavy atom. The SMILES string of the molecule is N#Cc1ccc(CN2C[C@H]3C[C@@H](Oc4ccc5c(c4)OCO5)[C@H](O)C[C@H]3C2)cc1. The fraction of sp³-hybridized carbons (Fsp3) is 0.435. The number of nitriles is 1. The molecule has 2 aromatic carbocycles. The predicted molar refractivity (Wildman–Crippen MR) is 106 cm³/mol. The minimum Gasteiger partial charge on any atom is -0.488 e. The Hall–Kier alpha value is -2.75. The fourth-order valence-electron chi connectivity index (χ4n) is 4.81. The summed E-state index contributed by atoms with van der Waals surface area (Å²) < 4.78 is 16.9. The third-order valence-corrected chi connectivity index (χ3v) is 6.28. The average molecular weight is 392 g/mol. The largest absolute Gasteiger partial charge is 0.488 e. The maximum absolute atomic E-state index is 10.7. The van der Waals surface area contributed by atoms with Gasteiger partial charge in [0, 0.05) is 25.7 Å². The van der Waals surface area contributed by atoms with Crippen LogP contribution >= 0.6 is 0 Å². The molecule has 1 saturated heterocycles. The minimum atomic E-state index is -0.462. The summed E-state index contributed by atoms with van der Waals surface area (Å²) in [6, 6.07) is 15.5. The van der Waals surface area contributed by atoms with E-state index in [1.807, 2.05) is 42.5 Å². The van der Waals surface area contributed by atoms with E-state index in [1.165, 1.54) is 5.56 Å². The van der Waals surface area contributed by atoms with Crippen molar-refractivity contribution in [2.24, 2.45) is 11.8 Å². The van der Waals surface area contributed by atoms with Gasteiger partial charge >= 0.3 is 0 Å². The Morgan fingerprint density at radius 2 is 1.79 bits per heavy atom. The van der Waals surface area contributed by atoms with Gasteiger partial charge in [-0.25, -0.2) is 0 Å². The first-order chi connectivity index (χ1) is 14.2. The highest BCUT2D eigenvalue weighted by Crippen LogP contribution is 2.40. The molecular weight excluding hydrogens is 368 g/mol. The summed E-state index contributed by atoms with van der Waals surface area (Å²) in [4.78, 5) is 2.45. The molecule has 0 unspecified atom stereocenters. The zero-order valence-electron chi connectivity index (χ0n) is 16.2. The van der Waals surface area contributed by atoms with Crippen LogP contribution < -0.4 is 14.2 Å². The van der Waals surface area contributed by atoms with Crippen LogP contribution in [0.25, 0.3) is 0 Å². The molecule has 2 fully saturated rings. The Bertz CT molecular complexity index is 923. The van der Waals surface area contributed by atoms with Gasteiger partial charge in [0.15, 0.2) is 11.5 Å². The molecule has 0 amide bonds. The van der Waals surface area contributed by atoms with Crippen molar-refractivity contribution in [1.82, 2.24) is 4.90 Å². The van der Waals surface area contributed by atoms with Gasteiger partial charge in [-0.3, -0.25) is 4.90 Å². The lowest BCUT2D eigenvalue weighted by molar-refractivity contribution is -0.0232. The van der Waals surface area contributed by atoms with Crippen LogP contribution in [0.2, 0.25) is 0 Å². The Kier molecular flexibility index (Phi) is 4.78. The number of hydrogen-bond acceptors (Lipinski definition) is 6.